The molecule has 0 saturated heterocycles. The summed E-state index contributed by atoms with van der Waals surface area (Å²) in [5, 5.41) is 0. The van der Waals surface area contributed by atoms with Crippen molar-refractivity contribution >= 4 is 21.7 Å². The maximum atomic E-state index is 5.87. The second kappa shape index (κ2) is 4.11. The fourth-order valence-corrected chi connectivity index (χ4v) is 1.86. The number of nitrogens with zero attached hydrogens (tertiary/aromatic N) is 1. The van der Waals surface area contributed by atoms with Crippen LogP contribution in [-0.4, -0.2) is 4.57 Å². The number of nitrogen functional groups attached to an aromatic ring is 1. The number of benzene rings is 1. The Morgan fingerprint density at radius 3 is 2.40 bits per heavy atom. The van der Waals surface area contributed by atoms with E-state index in [0.717, 1.165) is 16.8 Å². The van der Waals surface area contributed by atoms with E-state index < -0.39 is 0 Å². The van der Waals surface area contributed by atoms with Gasteiger partial charge in [0.05, 0.1) is 0 Å². The lowest BCUT2D eigenvalue weighted by Crippen LogP contribution is -1.97. The van der Waals surface area contributed by atoms with E-state index in [1.807, 2.05) is 22.8 Å². The van der Waals surface area contributed by atoms with Crippen LogP contribution in [0.2, 0.25) is 0 Å². The summed E-state index contributed by atoms with van der Waals surface area (Å²) in [6, 6.07) is 10.2. The largest absolute Gasteiger partial charge is 0.385 e. The van der Waals surface area contributed by atoms with E-state index >= 15 is 0 Å². The first-order valence-electron chi connectivity index (χ1n) is 4.92. The van der Waals surface area contributed by atoms with Gasteiger partial charge >= 0.3 is 0 Å². The Bertz CT molecular complexity index is 457. The summed E-state index contributed by atoms with van der Waals surface area (Å²) in [6.07, 6.45) is 2.08. The number of nitrogens with two attached hydrogens (primary N) is 1. The Hall–Kier alpha value is -1.22. The van der Waals surface area contributed by atoms with Gasteiger partial charge in [-0.05, 0) is 30.7 Å². The van der Waals surface area contributed by atoms with Crippen molar-refractivity contribution in [3.05, 3.63) is 41.0 Å². The molecule has 1 aromatic carbocycles. The van der Waals surface area contributed by atoms with Crippen molar-refractivity contribution in [2.45, 2.75) is 13.5 Å². The Labute approximate surface area is 97.8 Å². The number of anilines is 1. The van der Waals surface area contributed by atoms with E-state index in [0.29, 0.717) is 0 Å². The molecule has 1 aromatic heterocycles. The highest BCUT2D eigenvalue weighted by atomic mass is 79.9. The molecule has 0 spiro atoms. The summed E-state index contributed by atoms with van der Waals surface area (Å²) in [5.41, 5.74) is 8.23. The van der Waals surface area contributed by atoms with Crippen molar-refractivity contribution in [2.24, 2.45) is 0 Å². The molecule has 2 aromatic rings. The first-order chi connectivity index (χ1) is 7.20. The van der Waals surface area contributed by atoms with Gasteiger partial charge in [-0.1, -0.05) is 28.1 Å². The molecular weight excluding hydrogens is 252 g/mol. The Morgan fingerprint density at radius 2 is 1.87 bits per heavy atom. The van der Waals surface area contributed by atoms with Crippen molar-refractivity contribution in [2.75, 3.05) is 5.73 Å². The third-order valence-electron chi connectivity index (χ3n) is 2.45. The molecule has 0 unspecified atom stereocenters. The minimum atomic E-state index is 0.815. The van der Waals surface area contributed by atoms with Gasteiger partial charge in [-0.25, -0.2) is 0 Å². The van der Waals surface area contributed by atoms with Crippen LogP contribution in [0.4, 0.5) is 5.82 Å². The number of rotatable bonds is 2. The molecule has 0 bridgehead atoms. The first kappa shape index (κ1) is 10.3. The monoisotopic (exact) mass is 264 g/mol. The van der Waals surface area contributed by atoms with Gasteiger partial charge in [0.2, 0.25) is 0 Å². The van der Waals surface area contributed by atoms with Gasteiger partial charge in [0.25, 0.3) is 0 Å². The van der Waals surface area contributed by atoms with Gasteiger partial charge in [0.15, 0.2) is 0 Å². The summed E-state index contributed by atoms with van der Waals surface area (Å²) < 4.78 is 3.13. The zero-order valence-corrected chi connectivity index (χ0v) is 10.2. The molecule has 0 fully saturated rings. The Morgan fingerprint density at radius 1 is 1.20 bits per heavy atom. The topological polar surface area (TPSA) is 30.9 Å². The second-order valence-corrected chi connectivity index (χ2v) is 4.36. The molecule has 1 heterocycles. The van der Waals surface area contributed by atoms with Crippen molar-refractivity contribution in [1.82, 2.24) is 4.57 Å². The van der Waals surface area contributed by atoms with Crippen molar-refractivity contribution < 1.29 is 0 Å². The third kappa shape index (κ3) is 2.07. The van der Waals surface area contributed by atoms with E-state index in [9.17, 15) is 0 Å². The Balaban J connectivity index is 2.41. The van der Waals surface area contributed by atoms with Crippen LogP contribution in [0, 0.1) is 0 Å². The molecule has 0 aliphatic rings. The van der Waals surface area contributed by atoms with Crippen molar-refractivity contribution in [1.29, 1.82) is 0 Å². The van der Waals surface area contributed by atoms with Crippen LogP contribution in [0.25, 0.3) is 11.1 Å². The summed E-state index contributed by atoms with van der Waals surface area (Å²) in [7, 11) is 0. The summed E-state index contributed by atoms with van der Waals surface area (Å²) >= 11 is 3.42. The van der Waals surface area contributed by atoms with Crippen LogP contribution >= 0.6 is 15.9 Å². The highest BCUT2D eigenvalue weighted by Crippen LogP contribution is 2.24. The predicted molar refractivity (Wildman–Crippen MR) is 67.7 cm³/mol. The first-order valence-corrected chi connectivity index (χ1v) is 5.71. The van der Waals surface area contributed by atoms with Gasteiger partial charge in [0.1, 0.15) is 5.82 Å². The van der Waals surface area contributed by atoms with Gasteiger partial charge in [-0.3, -0.25) is 0 Å². The lowest BCUT2D eigenvalue weighted by molar-refractivity contribution is 0.780. The van der Waals surface area contributed by atoms with Crippen LogP contribution in [0.3, 0.4) is 0 Å². The second-order valence-electron chi connectivity index (χ2n) is 3.45. The highest BCUT2D eigenvalue weighted by molar-refractivity contribution is 9.10. The molecule has 0 aliphatic carbocycles. The number of halogens is 1. The van der Waals surface area contributed by atoms with Crippen LogP contribution in [0.5, 0.6) is 0 Å². The summed E-state index contributed by atoms with van der Waals surface area (Å²) in [6.45, 7) is 2.99. The van der Waals surface area contributed by atoms with E-state index in [4.69, 9.17) is 5.73 Å². The van der Waals surface area contributed by atoms with Gasteiger partial charge in [-0.2, -0.15) is 0 Å². The quantitative estimate of drug-likeness (QED) is 0.884. The van der Waals surface area contributed by atoms with Crippen molar-refractivity contribution in [3.8, 4) is 11.1 Å². The summed E-state index contributed by atoms with van der Waals surface area (Å²) in [5.74, 6) is 0.815. The Kier molecular flexibility index (Phi) is 2.82. The van der Waals surface area contributed by atoms with Crippen LogP contribution in [0.15, 0.2) is 41.0 Å². The molecule has 0 atom stereocenters. The van der Waals surface area contributed by atoms with E-state index in [-0.39, 0.29) is 0 Å². The molecule has 0 radical (unpaired) electrons. The zero-order valence-electron chi connectivity index (χ0n) is 8.57. The molecule has 2 N–H and O–H groups in total. The average Bonchev–Trinajstić information content (AvgIpc) is 2.61. The number of aromatic nitrogens is 1. The molecule has 15 heavy (non-hydrogen) atoms. The van der Waals surface area contributed by atoms with Crippen LogP contribution in [0.1, 0.15) is 6.92 Å². The lowest BCUT2D eigenvalue weighted by Gasteiger charge is -1.98. The van der Waals surface area contributed by atoms with Gasteiger partial charge in [0, 0.05) is 22.8 Å². The van der Waals surface area contributed by atoms with E-state index in [1.165, 1.54) is 11.1 Å². The minimum Gasteiger partial charge on any atom is -0.385 e. The molecule has 0 aliphatic heterocycles. The minimum absolute atomic E-state index is 0.815. The normalized spacial score (nSPS) is 10.5. The number of aryl methyl sites for hydroxylation is 1. The number of hydrogen-bond acceptors (Lipinski definition) is 1. The maximum Gasteiger partial charge on any atom is 0.103 e. The third-order valence-corrected chi connectivity index (χ3v) is 2.98. The standard InChI is InChI=1S/C12H13BrN2/c1-2-15-8-10(7-12(15)14)9-3-5-11(13)6-4-9/h3-8H,2,14H2,1H3. The summed E-state index contributed by atoms with van der Waals surface area (Å²) in [4.78, 5) is 0. The molecular formula is C12H13BrN2. The van der Waals surface area contributed by atoms with E-state index in [1.54, 1.807) is 0 Å². The zero-order chi connectivity index (χ0) is 10.8. The maximum absolute atomic E-state index is 5.87. The highest BCUT2D eigenvalue weighted by Gasteiger charge is 2.03. The molecule has 0 amide bonds. The molecule has 2 nitrogen and oxygen atoms in total. The van der Waals surface area contributed by atoms with Gasteiger partial charge < -0.3 is 10.3 Å². The van der Waals surface area contributed by atoms with Gasteiger partial charge in [-0.15, -0.1) is 0 Å². The fourth-order valence-electron chi connectivity index (χ4n) is 1.60. The van der Waals surface area contributed by atoms with E-state index in [2.05, 4.69) is 41.2 Å². The van der Waals surface area contributed by atoms with Crippen LogP contribution in [-0.2, 0) is 6.54 Å². The molecule has 0 saturated carbocycles. The predicted octanol–water partition coefficient (Wildman–Crippen LogP) is 3.52. The average molecular weight is 265 g/mol. The SMILES string of the molecule is CCn1cc(-c2ccc(Br)cc2)cc1N. The molecule has 2 rings (SSSR count). The fraction of sp³-hybridized carbons (Fsp3) is 0.167. The number of hydrogen-bond donors (Lipinski definition) is 1. The van der Waals surface area contributed by atoms with Crippen LogP contribution < -0.4 is 5.73 Å². The molecule has 3 heteroatoms. The smallest absolute Gasteiger partial charge is 0.103 e. The lowest BCUT2D eigenvalue weighted by atomic mass is 10.1. The molecule has 78 valence electrons. The van der Waals surface area contributed by atoms with Crippen molar-refractivity contribution in [3.63, 3.8) is 0 Å².